The van der Waals surface area contributed by atoms with E-state index in [1.165, 1.54) is 11.9 Å². The van der Waals surface area contributed by atoms with E-state index in [1.54, 1.807) is 6.92 Å². The smallest absolute Gasteiger partial charge is 0.312 e. The Balaban J connectivity index is 1.56. The highest BCUT2D eigenvalue weighted by Gasteiger charge is 2.44. The number of carboxylic acids is 1. The highest BCUT2D eigenvalue weighted by Crippen LogP contribution is 2.39. The van der Waals surface area contributed by atoms with E-state index in [4.69, 9.17) is 5.11 Å². The average molecular weight is 539 g/mol. The van der Waals surface area contributed by atoms with Crippen molar-refractivity contribution in [3.05, 3.63) is 41.1 Å². The number of benzene rings is 1. The molecule has 3 aliphatic heterocycles. The Kier molecular flexibility index (Phi) is 8.41. The lowest BCUT2D eigenvalue weighted by Gasteiger charge is -2.33. The first kappa shape index (κ1) is 27.9. The van der Waals surface area contributed by atoms with Crippen molar-refractivity contribution in [2.45, 2.75) is 64.1 Å². The predicted molar refractivity (Wildman–Crippen MR) is 141 cm³/mol. The molecule has 0 aromatic heterocycles. The lowest BCUT2D eigenvalue weighted by atomic mass is 9.95. The van der Waals surface area contributed by atoms with E-state index in [0.717, 1.165) is 16.0 Å². The number of carbonyl (C=O) groups is 5. The maximum Gasteiger partial charge on any atom is 0.312 e. The number of carboxylic acid groups (broad SMARTS) is 1. The van der Waals surface area contributed by atoms with Gasteiger partial charge in [-0.05, 0) is 36.0 Å². The van der Waals surface area contributed by atoms with E-state index >= 15 is 0 Å². The van der Waals surface area contributed by atoms with Crippen LogP contribution in [0.25, 0.3) is 0 Å². The number of nitrogens with one attached hydrogen (secondary N) is 2. The average Bonchev–Trinajstić information content (AvgIpc) is 3.54. The van der Waals surface area contributed by atoms with Gasteiger partial charge in [0.15, 0.2) is 0 Å². The maximum absolute atomic E-state index is 13.9. The van der Waals surface area contributed by atoms with Gasteiger partial charge < -0.3 is 20.6 Å². The molecule has 0 spiro atoms. The minimum absolute atomic E-state index is 0.206. The zero-order valence-electron chi connectivity index (χ0n) is 22.3. The zero-order valence-corrected chi connectivity index (χ0v) is 22.3. The molecule has 0 fully saturated rings. The van der Waals surface area contributed by atoms with Crippen molar-refractivity contribution in [3.8, 4) is 0 Å². The molecule has 0 radical (unpaired) electrons. The third-order valence-electron chi connectivity index (χ3n) is 7.64. The first-order valence-electron chi connectivity index (χ1n) is 13.2. The third-order valence-corrected chi connectivity index (χ3v) is 7.64. The van der Waals surface area contributed by atoms with Gasteiger partial charge in [0.25, 0.3) is 0 Å². The van der Waals surface area contributed by atoms with Crippen LogP contribution < -0.4 is 15.5 Å². The molecule has 4 rings (SSSR count). The fourth-order valence-corrected chi connectivity index (χ4v) is 5.40. The van der Waals surface area contributed by atoms with Crippen molar-refractivity contribution < 1.29 is 29.1 Å². The van der Waals surface area contributed by atoms with Crippen molar-refractivity contribution in [2.75, 3.05) is 25.0 Å². The molecule has 1 aromatic rings. The molecule has 0 bridgehead atoms. The van der Waals surface area contributed by atoms with Gasteiger partial charge in [0, 0.05) is 13.5 Å². The van der Waals surface area contributed by atoms with Crippen LogP contribution in [0.15, 0.2) is 40.2 Å². The van der Waals surface area contributed by atoms with Crippen LogP contribution in [0, 0.1) is 5.92 Å². The molecular formula is C27H34N6O6. The molecule has 0 saturated carbocycles. The van der Waals surface area contributed by atoms with Crippen LogP contribution in [0.5, 0.6) is 0 Å². The second-order valence-electron chi connectivity index (χ2n) is 10.2. The number of likely N-dealkylation sites (N-methyl/N-ethyl adjacent to an activating group) is 1. The minimum Gasteiger partial charge on any atom is -0.481 e. The van der Waals surface area contributed by atoms with E-state index in [0.29, 0.717) is 43.6 Å². The molecule has 0 unspecified atom stereocenters. The molecule has 4 atom stereocenters. The number of azo groups is 1. The SMILES string of the molecule is CC[C@H](C)[C@@H](C(=O)N[C@H]1CCc2cccc3c2N(C1=O)[C@H](C(=O)NCC1=CCN=N1)C3)N(C)C(=O)CC(=O)O. The van der Waals surface area contributed by atoms with E-state index in [1.807, 2.05) is 31.2 Å². The number of para-hydroxylation sites is 1. The van der Waals surface area contributed by atoms with Gasteiger partial charge >= 0.3 is 5.97 Å². The summed E-state index contributed by atoms with van der Waals surface area (Å²) >= 11 is 0. The molecule has 0 aliphatic carbocycles. The van der Waals surface area contributed by atoms with Crippen molar-refractivity contribution >= 4 is 35.3 Å². The fourth-order valence-electron chi connectivity index (χ4n) is 5.40. The number of hydrogen-bond donors (Lipinski definition) is 3. The molecule has 3 aliphatic rings. The monoisotopic (exact) mass is 538 g/mol. The van der Waals surface area contributed by atoms with Crippen molar-refractivity contribution in [1.82, 2.24) is 15.5 Å². The summed E-state index contributed by atoms with van der Waals surface area (Å²) in [5, 5.41) is 22.6. The number of aryl methyl sites for hydroxylation is 1. The van der Waals surface area contributed by atoms with Crippen LogP contribution in [-0.4, -0.2) is 77.9 Å². The summed E-state index contributed by atoms with van der Waals surface area (Å²) < 4.78 is 0. The van der Waals surface area contributed by atoms with Crippen molar-refractivity contribution in [1.29, 1.82) is 0 Å². The molecule has 3 N–H and O–H groups in total. The summed E-state index contributed by atoms with van der Waals surface area (Å²) in [5.41, 5.74) is 3.19. The second kappa shape index (κ2) is 11.7. The van der Waals surface area contributed by atoms with Gasteiger partial charge in [-0.1, -0.05) is 38.5 Å². The van der Waals surface area contributed by atoms with E-state index in [9.17, 15) is 24.0 Å². The Morgan fingerprint density at radius 1 is 1.23 bits per heavy atom. The summed E-state index contributed by atoms with van der Waals surface area (Å²) in [7, 11) is 1.40. The summed E-state index contributed by atoms with van der Waals surface area (Å²) in [6, 6.07) is 3.07. The van der Waals surface area contributed by atoms with Crippen LogP contribution in [0.3, 0.4) is 0 Å². The molecule has 1 aromatic carbocycles. The van der Waals surface area contributed by atoms with Gasteiger partial charge in [-0.3, -0.25) is 28.9 Å². The third kappa shape index (κ3) is 5.84. The largest absolute Gasteiger partial charge is 0.481 e. The summed E-state index contributed by atoms with van der Waals surface area (Å²) in [6.45, 7) is 4.35. The lowest BCUT2D eigenvalue weighted by molar-refractivity contribution is -0.148. The van der Waals surface area contributed by atoms with Gasteiger partial charge in [-0.2, -0.15) is 10.2 Å². The molecule has 12 heteroatoms. The fraction of sp³-hybridized carbons (Fsp3) is 0.519. The molecule has 3 heterocycles. The molecule has 4 amide bonds. The van der Waals surface area contributed by atoms with Crippen LogP contribution in [0.2, 0.25) is 0 Å². The second-order valence-corrected chi connectivity index (χ2v) is 10.2. The van der Waals surface area contributed by atoms with Crippen LogP contribution in [-0.2, 0) is 36.8 Å². The zero-order chi connectivity index (χ0) is 28.3. The van der Waals surface area contributed by atoms with Gasteiger partial charge in [0.1, 0.15) is 24.5 Å². The first-order valence-corrected chi connectivity index (χ1v) is 13.2. The van der Waals surface area contributed by atoms with Crippen LogP contribution in [0.4, 0.5) is 5.69 Å². The molecular weight excluding hydrogens is 504 g/mol. The number of aliphatic carboxylic acids is 1. The molecule has 0 saturated heterocycles. The predicted octanol–water partition coefficient (Wildman–Crippen LogP) is 1.19. The van der Waals surface area contributed by atoms with Gasteiger partial charge in [0.05, 0.1) is 24.5 Å². The quantitative estimate of drug-likeness (QED) is 0.379. The molecule has 208 valence electrons. The van der Waals surface area contributed by atoms with Gasteiger partial charge in [-0.25, -0.2) is 0 Å². The normalized spacial score (nSPS) is 20.9. The molecule has 39 heavy (non-hydrogen) atoms. The number of nitrogens with zero attached hydrogens (tertiary/aromatic N) is 4. The Hall–Kier alpha value is -4.09. The summed E-state index contributed by atoms with van der Waals surface area (Å²) in [5.74, 6) is -3.52. The van der Waals surface area contributed by atoms with Gasteiger partial charge in [-0.15, -0.1) is 0 Å². The highest BCUT2D eigenvalue weighted by atomic mass is 16.4. The number of amides is 4. The topological polar surface area (TPSA) is 161 Å². The maximum atomic E-state index is 13.9. The summed E-state index contributed by atoms with van der Waals surface area (Å²) in [6.07, 6.45) is 2.82. The lowest BCUT2D eigenvalue weighted by Crippen LogP contribution is -2.58. The summed E-state index contributed by atoms with van der Waals surface area (Å²) in [4.78, 5) is 66.9. The minimum atomic E-state index is -1.28. The Morgan fingerprint density at radius 3 is 2.64 bits per heavy atom. The Morgan fingerprint density at radius 2 is 1.97 bits per heavy atom. The first-order chi connectivity index (χ1) is 18.6. The van der Waals surface area contributed by atoms with Crippen molar-refractivity contribution in [3.63, 3.8) is 0 Å². The van der Waals surface area contributed by atoms with E-state index in [-0.39, 0.29) is 18.4 Å². The van der Waals surface area contributed by atoms with Crippen LogP contribution in [0.1, 0.15) is 44.2 Å². The van der Waals surface area contributed by atoms with E-state index < -0.39 is 48.2 Å². The van der Waals surface area contributed by atoms with Gasteiger partial charge in [0.2, 0.25) is 23.6 Å². The van der Waals surface area contributed by atoms with Crippen LogP contribution >= 0.6 is 0 Å². The Bertz CT molecular complexity index is 1240. The number of hydrogen-bond acceptors (Lipinski definition) is 7. The number of anilines is 1. The van der Waals surface area contributed by atoms with Crippen molar-refractivity contribution in [2.24, 2.45) is 16.1 Å². The van der Waals surface area contributed by atoms with E-state index in [2.05, 4.69) is 20.9 Å². The number of rotatable bonds is 10. The number of carbonyl (C=O) groups excluding carboxylic acids is 4. The molecule has 12 nitrogen and oxygen atoms in total. The highest BCUT2D eigenvalue weighted by molar-refractivity contribution is 6.08. The standard InChI is InChI=1S/C27H34N6O6/c1-4-15(2)23(32(3)21(34)13-22(35)36)26(38)30-19-9-8-16-6-5-7-17-12-20(33(24(16)17)27(19)39)25(37)28-14-18-10-11-29-31-18/h5-7,10,15,19-20,23H,4,8-9,11-14H2,1-3H3,(H,28,37)(H,30,38)(H,35,36)/t15-,19-,20-,23-/m0/s1. The Labute approximate surface area is 226 Å².